The van der Waals surface area contributed by atoms with Gasteiger partial charge in [-0.25, -0.2) is 19.3 Å². The number of hydrogen-bond acceptors (Lipinski definition) is 8. The Morgan fingerprint density at radius 3 is 2.62 bits per heavy atom. The lowest BCUT2D eigenvalue weighted by molar-refractivity contribution is -0.136. The standard InChI is InChI=1S/C26H34N6O5/c1-36-17-22-21(24(33)37-2)16-32(25(34)29-22)26(35)31-10-7-18(15-31)14-28-20-8-11-30(12-9-20)23-6-4-3-5-19(23)13-27/h3-6,18,20,28H,7-12,14-17H2,1-2H3,(H,29,34). The largest absolute Gasteiger partial charge is 0.466 e. The topological polar surface area (TPSA) is 127 Å². The minimum atomic E-state index is -0.601. The van der Waals surface area contributed by atoms with Crippen LogP contribution in [0.2, 0.25) is 0 Å². The van der Waals surface area contributed by atoms with Crippen molar-refractivity contribution in [3.8, 4) is 6.07 Å². The zero-order valence-electron chi connectivity index (χ0n) is 21.4. The number of nitrogens with zero attached hydrogens (tertiary/aromatic N) is 4. The molecule has 11 nitrogen and oxygen atoms in total. The van der Waals surface area contributed by atoms with Gasteiger partial charge in [0.2, 0.25) is 0 Å². The Balaban J connectivity index is 1.26. The number of nitriles is 1. The highest BCUT2D eigenvalue weighted by molar-refractivity contribution is 6.00. The van der Waals surface area contributed by atoms with Crippen LogP contribution in [-0.4, -0.2) is 94.0 Å². The second-order valence-corrected chi connectivity index (χ2v) is 9.58. The van der Waals surface area contributed by atoms with Crippen molar-refractivity contribution in [2.75, 3.05) is 65.0 Å². The van der Waals surface area contributed by atoms with Crippen molar-refractivity contribution in [1.29, 1.82) is 5.26 Å². The highest BCUT2D eigenvalue weighted by atomic mass is 16.5. The number of amides is 4. The van der Waals surface area contributed by atoms with Gasteiger partial charge in [0.15, 0.2) is 0 Å². The van der Waals surface area contributed by atoms with Gasteiger partial charge in [0.25, 0.3) is 0 Å². The van der Waals surface area contributed by atoms with Crippen molar-refractivity contribution in [2.45, 2.75) is 25.3 Å². The molecule has 0 saturated carbocycles. The lowest BCUT2D eigenvalue weighted by Gasteiger charge is -2.35. The summed E-state index contributed by atoms with van der Waals surface area (Å²) < 4.78 is 9.89. The monoisotopic (exact) mass is 510 g/mol. The lowest BCUT2D eigenvalue weighted by atomic mass is 10.0. The molecule has 0 aliphatic carbocycles. The average Bonchev–Trinajstić information content (AvgIpc) is 3.41. The molecule has 2 fully saturated rings. The van der Waals surface area contributed by atoms with Crippen LogP contribution >= 0.6 is 0 Å². The van der Waals surface area contributed by atoms with Gasteiger partial charge in [-0.2, -0.15) is 5.26 Å². The number of ether oxygens (including phenoxy) is 2. The van der Waals surface area contributed by atoms with Gasteiger partial charge in [-0.1, -0.05) is 12.1 Å². The normalized spacial score (nSPS) is 20.6. The van der Waals surface area contributed by atoms with Crippen LogP contribution in [-0.2, 0) is 14.3 Å². The molecule has 1 atom stereocenters. The molecule has 0 radical (unpaired) electrons. The Labute approximate surface area is 217 Å². The third-order valence-electron chi connectivity index (χ3n) is 7.25. The minimum absolute atomic E-state index is 0.0411. The summed E-state index contributed by atoms with van der Waals surface area (Å²) in [5.74, 6) is -0.315. The van der Waals surface area contributed by atoms with Gasteiger partial charge in [-0.15, -0.1) is 0 Å². The molecular formula is C26H34N6O5. The van der Waals surface area contributed by atoms with E-state index in [1.165, 1.54) is 14.2 Å². The number of carbonyl (C=O) groups excluding carboxylic acids is 3. The summed E-state index contributed by atoms with van der Waals surface area (Å²) in [5, 5.41) is 15.6. The number of anilines is 1. The van der Waals surface area contributed by atoms with Crippen molar-refractivity contribution in [1.82, 2.24) is 20.4 Å². The summed E-state index contributed by atoms with van der Waals surface area (Å²) in [6, 6.07) is 9.38. The number of methoxy groups -OCH3 is 2. The van der Waals surface area contributed by atoms with E-state index in [4.69, 9.17) is 9.47 Å². The first kappa shape index (κ1) is 26.4. The first-order valence-electron chi connectivity index (χ1n) is 12.6. The lowest BCUT2D eigenvalue weighted by Crippen LogP contribution is -2.54. The van der Waals surface area contributed by atoms with Crippen LogP contribution in [0.15, 0.2) is 35.5 Å². The Morgan fingerprint density at radius 1 is 1.16 bits per heavy atom. The van der Waals surface area contributed by atoms with Crippen LogP contribution in [0.25, 0.3) is 0 Å². The molecule has 1 unspecified atom stereocenters. The minimum Gasteiger partial charge on any atom is -0.466 e. The zero-order chi connectivity index (χ0) is 26.4. The van der Waals surface area contributed by atoms with Crippen molar-refractivity contribution < 1.29 is 23.9 Å². The molecule has 11 heteroatoms. The van der Waals surface area contributed by atoms with E-state index in [0.29, 0.717) is 30.4 Å². The smallest absolute Gasteiger partial charge is 0.337 e. The Hall–Kier alpha value is -3.62. The number of hydrogen-bond donors (Lipinski definition) is 2. The van der Waals surface area contributed by atoms with E-state index in [9.17, 15) is 19.6 Å². The highest BCUT2D eigenvalue weighted by Crippen LogP contribution is 2.25. The third-order valence-corrected chi connectivity index (χ3v) is 7.25. The number of imide groups is 1. The van der Waals surface area contributed by atoms with Gasteiger partial charge in [0, 0.05) is 39.3 Å². The van der Waals surface area contributed by atoms with E-state index in [-0.39, 0.29) is 24.6 Å². The number of carbonyl (C=O) groups is 3. The molecule has 1 aromatic carbocycles. The molecule has 3 heterocycles. The fourth-order valence-electron chi connectivity index (χ4n) is 5.18. The van der Waals surface area contributed by atoms with Crippen molar-refractivity contribution in [3.63, 3.8) is 0 Å². The van der Waals surface area contributed by atoms with Gasteiger partial charge in [-0.3, -0.25) is 0 Å². The predicted octanol–water partition coefficient (Wildman–Crippen LogP) is 1.66. The van der Waals surface area contributed by atoms with Gasteiger partial charge in [0.05, 0.1) is 42.8 Å². The Kier molecular flexibility index (Phi) is 8.63. The van der Waals surface area contributed by atoms with E-state index >= 15 is 0 Å². The van der Waals surface area contributed by atoms with Crippen LogP contribution in [0, 0.1) is 17.2 Å². The molecule has 37 heavy (non-hydrogen) atoms. The van der Waals surface area contributed by atoms with Gasteiger partial charge < -0.3 is 29.9 Å². The molecule has 3 aliphatic rings. The molecule has 2 N–H and O–H groups in total. The summed E-state index contributed by atoms with van der Waals surface area (Å²) in [6.45, 7) is 3.56. The molecular weight excluding hydrogens is 476 g/mol. The van der Waals surface area contributed by atoms with Crippen LogP contribution in [0.1, 0.15) is 24.8 Å². The maximum atomic E-state index is 13.1. The van der Waals surface area contributed by atoms with Crippen LogP contribution in [0.3, 0.4) is 0 Å². The number of esters is 1. The van der Waals surface area contributed by atoms with Crippen molar-refractivity contribution in [3.05, 3.63) is 41.1 Å². The van der Waals surface area contributed by atoms with E-state index in [1.54, 1.807) is 4.90 Å². The van der Waals surface area contributed by atoms with Gasteiger partial charge in [-0.05, 0) is 43.9 Å². The quantitative estimate of drug-likeness (QED) is 0.530. The van der Waals surface area contributed by atoms with Crippen molar-refractivity contribution >= 4 is 23.7 Å². The highest BCUT2D eigenvalue weighted by Gasteiger charge is 2.37. The third kappa shape index (κ3) is 6.03. The molecule has 1 aromatic rings. The van der Waals surface area contributed by atoms with E-state index in [1.807, 2.05) is 24.3 Å². The second-order valence-electron chi connectivity index (χ2n) is 9.58. The van der Waals surface area contributed by atoms with Crippen LogP contribution < -0.4 is 15.5 Å². The number of para-hydroxylation sites is 1. The number of likely N-dealkylation sites (tertiary alicyclic amines) is 1. The number of piperidine rings is 1. The molecule has 2 saturated heterocycles. The van der Waals surface area contributed by atoms with E-state index in [2.05, 4.69) is 21.6 Å². The van der Waals surface area contributed by atoms with Gasteiger partial charge in [0.1, 0.15) is 6.07 Å². The number of nitrogens with one attached hydrogen (secondary N) is 2. The zero-order valence-corrected chi connectivity index (χ0v) is 21.4. The first-order chi connectivity index (χ1) is 17.9. The summed E-state index contributed by atoms with van der Waals surface area (Å²) in [6.07, 6.45) is 2.81. The fraction of sp³-hybridized carbons (Fsp3) is 0.538. The summed E-state index contributed by atoms with van der Waals surface area (Å²) in [7, 11) is 2.72. The average molecular weight is 511 g/mol. The second kappa shape index (κ2) is 12.1. The molecule has 0 spiro atoms. The van der Waals surface area contributed by atoms with Crippen molar-refractivity contribution in [2.24, 2.45) is 5.92 Å². The Bertz CT molecular complexity index is 1090. The summed E-state index contributed by atoms with van der Waals surface area (Å²) in [4.78, 5) is 42.9. The summed E-state index contributed by atoms with van der Waals surface area (Å²) >= 11 is 0. The van der Waals surface area contributed by atoms with Crippen LogP contribution in [0.5, 0.6) is 0 Å². The predicted molar refractivity (Wildman–Crippen MR) is 136 cm³/mol. The fourth-order valence-corrected chi connectivity index (χ4v) is 5.18. The summed E-state index contributed by atoms with van der Waals surface area (Å²) in [5.41, 5.74) is 2.22. The SMILES string of the molecule is COCC1=C(C(=O)OC)CN(C(=O)N2CCC(CNC3CCN(c4ccccc4C#N)CC3)C2)C(=O)N1. The molecule has 3 aliphatic heterocycles. The molecule has 0 aromatic heterocycles. The van der Waals surface area contributed by atoms with Crippen LogP contribution in [0.4, 0.5) is 15.3 Å². The molecule has 4 amide bonds. The maximum Gasteiger partial charge on any atom is 0.337 e. The first-order valence-corrected chi connectivity index (χ1v) is 12.6. The molecule has 0 bridgehead atoms. The molecule has 198 valence electrons. The maximum absolute atomic E-state index is 13.1. The molecule has 4 rings (SSSR count). The van der Waals surface area contributed by atoms with Gasteiger partial charge >= 0.3 is 18.0 Å². The Morgan fingerprint density at radius 2 is 1.92 bits per heavy atom. The van der Waals surface area contributed by atoms with E-state index < -0.39 is 18.0 Å². The number of urea groups is 2. The number of benzene rings is 1. The van der Waals surface area contributed by atoms with E-state index in [0.717, 1.165) is 49.5 Å². The number of rotatable bonds is 7.